The Morgan fingerprint density at radius 3 is 2.12 bits per heavy atom. The molecule has 2 fully saturated rings. The number of quaternary nitrogens is 1. The lowest BCUT2D eigenvalue weighted by atomic mass is 9.95. The van der Waals surface area contributed by atoms with Crippen molar-refractivity contribution in [2.24, 2.45) is 5.92 Å². The third-order valence-electron chi connectivity index (χ3n) is 6.55. The zero-order valence-corrected chi connectivity index (χ0v) is 19.0. The maximum atomic E-state index is 12.6. The number of benzene rings is 1. The summed E-state index contributed by atoms with van der Waals surface area (Å²) in [6.45, 7) is 6.42. The van der Waals surface area contributed by atoms with Gasteiger partial charge in [-0.05, 0) is 30.4 Å². The number of carbonyl (C=O) groups excluding carboxylic acids is 1. The van der Waals surface area contributed by atoms with Gasteiger partial charge in [0.25, 0.3) is 0 Å². The largest absolute Gasteiger partial charge is 1.00 e. The highest BCUT2D eigenvalue weighted by Gasteiger charge is 2.50. The van der Waals surface area contributed by atoms with Crippen molar-refractivity contribution in [2.45, 2.75) is 77.0 Å². The molecule has 2 aliphatic heterocycles. The first-order valence-electron chi connectivity index (χ1n) is 9.90. The molecule has 0 spiro atoms. The second-order valence-corrected chi connectivity index (χ2v) is 9.11. The molecular formula is C22H34INO2. The van der Waals surface area contributed by atoms with E-state index in [9.17, 15) is 4.79 Å². The predicted molar refractivity (Wildman–Crippen MR) is 101 cm³/mol. The van der Waals surface area contributed by atoms with E-state index in [-0.39, 0.29) is 42.0 Å². The number of hydrogen-bond acceptors (Lipinski definition) is 2. The molecule has 0 aliphatic carbocycles. The van der Waals surface area contributed by atoms with Crippen LogP contribution in [0.3, 0.4) is 0 Å². The van der Waals surface area contributed by atoms with Gasteiger partial charge in [-0.1, -0.05) is 38.1 Å². The fourth-order valence-electron chi connectivity index (χ4n) is 4.74. The molecule has 1 aromatic rings. The third kappa shape index (κ3) is 4.61. The summed E-state index contributed by atoms with van der Waals surface area (Å²) in [5, 5.41) is 0. The van der Waals surface area contributed by atoms with Crippen LogP contribution in [-0.2, 0) is 16.0 Å². The minimum Gasteiger partial charge on any atom is -1.00 e. The summed E-state index contributed by atoms with van der Waals surface area (Å²) >= 11 is 0. The Labute approximate surface area is 176 Å². The number of carbonyl (C=O) groups is 1. The van der Waals surface area contributed by atoms with Crippen LogP contribution < -0.4 is 24.0 Å². The number of piperidine rings is 1. The van der Waals surface area contributed by atoms with E-state index in [0.29, 0.717) is 18.0 Å². The molecule has 0 radical (unpaired) electrons. The first-order chi connectivity index (χ1) is 11.8. The Morgan fingerprint density at radius 2 is 1.62 bits per heavy atom. The molecule has 0 amide bonds. The highest BCUT2D eigenvalue weighted by Crippen LogP contribution is 2.40. The quantitative estimate of drug-likeness (QED) is 0.368. The normalized spacial score (nSPS) is 27.7. The van der Waals surface area contributed by atoms with E-state index in [1.165, 1.54) is 18.4 Å². The minimum atomic E-state index is -0.185. The molecule has 2 bridgehead atoms. The third-order valence-corrected chi connectivity index (χ3v) is 6.55. The van der Waals surface area contributed by atoms with Crippen LogP contribution in [0.1, 0.15) is 63.5 Å². The summed E-state index contributed by atoms with van der Waals surface area (Å²) in [5.41, 5.74) is 2.40. The van der Waals surface area contributed by atoms with Crippen molar-refractivity contribution in [3.05, 3.63) is 35.4 Å². The lowest BCUT2D eigenvalue weighted by molar-refractivity contribution is -0.931. The fourth-order valence-corrected chi connectivity index (χ4v) is 4.74. The number of fused-ring (bicyclic) bond motifs is 2. The standard InChI is InChI=1S/C22H34NO2.HI/c1-15(2)12-17-6-8-18(9-7-17)16(3)22(24)25-21-13-19-10-11-20(14-21)23(19,4)5;/h6-9,15-16,19-21H,10-14H2,1-5H3;1H/q+1;/p-1. The topological polar surface area (TPSA) is 26.3 Å². The number of rotatable bonds is 5. The molecule has 0 N–H and O–H groups in total. The molecule has 2 saturated heterocycles. The first-order valence-corrected chi connectivity index (χ1v) is 9.90. The molecule has 4 heteroatoms. The average Bonchev–Trinajstić information content (AvgIpc) is 2.73. The second-order valence-electron chi connectivity index (χ2n) is 9.11. The van der Waals surface area contributed by atoms with E-state index in [4.69, 9.17) is 4.74 Å². The fraction of sp³-hybridized carbons (Fsp3) is 0.682. The van der Waals surface area contributed by atoms with Gasteiger partial charge < -0.3 is 33.2 Å². The van der Waals surface area contributed by atoms with E-state index in [2.05, 4.69) is 52.2 Å². The molecule has 3 nitrogen and oxygen atoms in total. The summed E-state index contributed by atoms with van der Waals surface area (Å²) in [7, 11) is 4.67. The number of ether oxygens (including phenoxy) is 1. The number of halogens is 1. The molecule has 3 rings (SSSR count). The van der Waals surface area contributed by atoms with Crippen LogP contribution in [0.25, 0.3) is 0 Å². The van der Waals surface area contributed by atoms with E-state index >= 15 is 0 Å². The zero-order chi connectivity index (χ0) is 18.2. The van der Waals surface area contributed by atoms with Crippen LogP contribution in [0.4, 0.5) is 0 Å². The summed E-state index contributed by atoms with van der Waals surface area (Å²) in [5.74, 6) is 0.404. The van der Waals surface area contributed by atoms with Gasteiger partial charge in [-0.2, -0.15) is 0 Å². The molecular weight excluding hydrogens is 437 g/mol. The Kier molecular flexibility index (Phi) is 7.16. The smallest absolute Gasteiger partial charge is 0.313 e. The van der Waals surface area contributed by atoms with Gasteiger partial charge in [0.1, 0.15) is 6.10 Å². The number of nitrogens with zero attached hydrogens (tertiary/aromatic N) is 1. The van der Waals surface area contributed by atoms with E-state index in [0.717, 1.165) is 29.3 Å². The van der Waals surface area contributed by atoms with Crippen LogP contribution in [0.15, 0.2) is 24.3 Å². The van der Waals surface area contributed by atoms with Crippen LogP contribution >= 0.6 is 0 Å². The predicted octanol–water partition coefficient (Wildman–Crippen LogP) is 1.31. The van der Waals surface area contributed by atoms with Gasteiger partial charge in [0.15, 0.2) is 0 Å². The molecule has 1 aromatic carbocycles. The molecule has 2 aliphatic rings. The summed E-state index contributed by atoms with van der Waals surface area (Å²) in [6.07, 6.45) is 5.79. The van der Waals surface area contributed by atoms with Gasteiger partial charge in [0.05, 0.1) is 32.1 Å². The first kappa shape index (κ1) is 21.7. The van der Waals surface area contributed by atoms with Crippen LogP contribution in [0.2, 0.25) is 0 Å². The lowest BCUT2D eigenvalue weighted by Gasteiger charge is -2.44. The summed E-state index contributed by atoms with van der Waals surface area (Å²) in [6, 6.07) is 9.80. The van der Waals surface area contributed by atoms with Gasteiger partial charge in [-0.15, -0.1) is 0 Å². The Bertz CT molecular complexity index is 595. The molecule has 26 heavy (non-hydrogen) atoms. The monoisotopic (exact) mass is 471 g/mol. The van der Waals surface area contributed by atoms with E-state index in [1.807, 2.05) is 6.92 Å². The van der Waals surface area contributed by atoms with Gasteiger partial charge in [0.2, 0.25) is 0 Å². The second kappa shape index (κ2) is 8.59. The molecule has 146 valence electrons. The summed E-state index contributed by atoms with van der Waals surface area (Å²) < 4.78 is 7.04. The van der Waals surface area contributed by atoms with Gasteiger partial charge in [0, 0.05) is 25.7 Å². The number of hydrogen-bond donors (Lipinski definition) is 0. The SMILES string of the molecule is CC(C)Cc1ccc(C(C)C(=O)OC2CC3CCC(C2)[N+]3(C)C)cc1.[I-]. The van der Waals surface area contributed by atoms with Crippen LogP contribution in [0.5, 0.6) is 0 Å². The van der Waals surface area contributed by atoms with Crippen molar-refractivity contribution in [1.29, 1.82) is 0 Å². The molecule has 3 atom stereocenters. The maximum absolute atomic E-state index is 12.6. The van der Waals surface area contributed by atoms with Gasteiger partial charge in [-0.25, -0.2) is 0 Å². The van der Waals surface area contributed by atoms with Crippen molar-refractivity contribution in [3.8, 4) is 0 Å². The highest BCUT2D eigenvalue weighted by molar-refractivity contribution is 5.77. The van der Waals surface area contributed by atoms with Gasteiger partial charge >= 0.3 is 5.97 Å². The molecule has 2 heterocycles. The lowest BCUT2D eigenvalue weighted by Crippen LogP contribution is -3.00. The Balaban J connectivity index is 0.00000243. The van der Waals surface area contributed by atoms with Crippen LogP contribution in [0, 0.1) is 5.92 Å². The zero-order valence-electron chi connectivity index (χ0n) is 16.9. The van der Waals surface area contributed by atoms with Crippen molar-refractivity contribution < 1.29 is 38.0 Å². The highest BCUT2D eigenvalue weighted by atomic mass is 127. The molecule has 3 unspecified atom stereocenters. The van der Waals surface area contributed by atoms with Gasteiger partial charge in [-0.3, -0.25) is 4.79 Å². The van der Waals surface area contributed by atoms with Crippen molar-refractivity contribution in [3.63, 3.8) is 0 Å². The van der Waals surface area contributed by atoms with Crippen molar-refractivity contribution >= 4 is 5.97 Å². The van der Waals surface area contributed by atoms with Crippen molar-refractivity contribution in [2.75, 3.05) is 14.1 Å². The number of esters is 1. The molecule has 0 saturated carbocycles. The van der Waals surface area contributed by atoms with Crippen LogP contribution in [-0.4, -0.2) is 42.7 Å². The molecule has 0 aromatic heterocycles. The van der Waals surface area contributed by atoms with E-state index < -0.39 is 0 Å². The Morgan fingerprint density at radius 1 is 1.08 bits per heavy atom. The maximum Gasteiger partial charge on any atom is 0.313 e. The average molecular weight is 471 g/mol. The Hall–Kier alpha value is -0.620. The van der Waals surface area contributed by atoms with Crippen molar-refractivity contribution in [1.82, 2.24) is 0 Å². The van der Waals surface area contributed by atoms with E-state index in [1.54, 1.807) is 0 Å². The minimum absolute atomic E-state index is 0. The summed E-state index contributed by atoms with van der Waals surface area (Å²) in [4.78, 5) is 12.6.